The Hall–Kier alpha value is -2.03. The van der Waals surface area contributed by atoms with Crippen molar-refractivity contribution in [1.29, 1.82) is 0 Å². The normalized spacial score (nSPS) is 10.5. The summed E-state index contributed by atoms with van der Waals surface area (Å²) >= 11 is 0. The molecule has 0 amide bonds. The third-order valence-corrected chi connectivity index (χ3v) is 2.83. The van der Waals surface area contributed by atoms with Gasteiger partial charge in [-0.2, -0.15) is 0 Å². The number of nitrogens with zero attached hydrogens (tertiary/aromatic N) is 1. The van der Waals surface area contributed by atoms with Crippen LogP contribution in [0.4, 0.5) is 0 Å². The zero-order chi connectivity index (χ0) is 13.7. The minimum Gasteiger partial charge on any atom is -0.402 e. The van der Waals surface area contributed by atoms with E-state index in [9.17, 15) is 0 Å². The third-order valence-electron chi connectivity index (χ3n) is 2.83. The fourth-order valence-electron chi connectivity index (χ4n) is 1.78. The fraction of sp³-hybridized carbons (Fsp3) is 0.312. The van der Waals surface area contributed by atoms with Crippen LogP contribution in [0, 0.1) is 0 Å². The highest BCUT2D eigenvalue weighted by atomic mass is 16.7. The Balaban J connectivity index is 2.16. The van der Waals surface area contributed by atoms with Crippen LogP contribution in [0.1, 0.15) is 32.3 Å². The van der Waals surface area contributed by atoms with Crippen LogP contribution in [0.25, 0.3) is 0 Å². The molecule has 2 rings (SSSR count). The van der Waals surface area contributed by atoms with Crippen LogP contribution in [0.2, 0.25) is 0 Å². The Labute approximate surface area is 114 Å². The van der Waals surface area contributed by atoms with Crippen LogP contribution in [0.3, 0.4) is 0 Å². The summed E-state index contributed by atoms with van der Waals surface area (Å²) in [6.07, 6.45) is 1.83. The predicted molar refractivity (Wildman–Crippen MR) is 74.4 cm³/mol. The molecular formula is C16H20NO2+. The Morgan fingerprint density at radius 1 is 1.05 bits per heavy atom. The molecule has 0 aliphatic heterocycles. The van der Waals surface area contributed by atoms with Crippen molar-refractivity contribution in [3.05, 3.63) is 54.2 Å². The minimum atomic E-state index is 0.527. The molecule has 2 aromatic rings. The molecule has 1 aromatic carbocycles. The molecule has 19 heavy (non-hydrogen) atoms. The van der Waals surface area contributed by atoms with Crippen LogP contribution < -0.4 is 14.3 Å². The summed E-state index contributed by atoms with van der Waals surface area (Å²) in [6.45, 7) is 6.89. The minimum absolute atomic E-state index is 0.527. The van der Waals surface area contributed by atoms with Gasteiger partial charge in [-0.25, -0.2) is 0 Å². The maximum atomic E-state index is 5.83. The Bertz CT molecular complexity index is 521. The van der Waals surface area contributed by atoms with Crippen LogP contribution in [0.5, 0.6) is 11.6 Å². The van der Waals surface area contributed by atoms with E-state index in [0.29, 0.717) is 18.4 Å². The molecular weight excluding hydrogens is 238 g/mol. The first-order valence-electron chi connectivity index (χ1n) is 6.62. The Kier molecular flexibility index (Phi) is 4.39. The molecule has 0 radical (unpaired) electrons. The van der Waals surface area contributed by atoms with Crippen molar-refractivity contribution in [2.45, 2.75) is 26.7 Å². The second-order valence-corrected chi connectivity index (χ2v) is 4.61. The second kappa shape index (κ2) is 6.23. The molecule has 0 fully saturated rings. The zero-order valence-electron chi connectivity index (χ0n) is 11.7. The summed E-state index contributed by atoms with van der Waals surface area (Å²) in [7, 11) is 0. The second-order valence-electron chi connectivity index (χ2n) is 4.61. The van der Waals surface area contributed by atoms with Crippen molar-refractivity contribution < 1.29 is 14.3 Å². The number of rotatable bonds is 5. The van der Waals surface area contributed by atoms with Crippen molar-refractivity contribution in [2.75, 3.05) is 6.61 Å². The van der Waals surface area contributed by atoms with E-state index in [-0.39, 0.29) is 0 Å². The largest absolute Gasteiger partial charge is 0.422 e. The lowest BCUT2D eigenvalue weighted by Gasteiger charge is -2.07. The van der Waals surface area contributed by atoms with Gasteiger partial charge in [-0.15, -0.1) is 0 Å². The number of ether oxygens (including phenoxy) is 1. The van der Waals surface area contributed by atoms with E-state index in [1.165, 1.54) is 5.56 Å². The van der Waals surface area contributed by atoms with Crippen molar-refractivity contribution >= 4 is 0 Å². The molecule has 0 saturated carbocycles. The summed E-state index contributed by atoms with van der Waals surface area (Å²) in [6, 6.07) is 13.9. The van der Waals surface area contributed by atoms with Gasteiger partial charge in [0, 0.05) is 10.8 Å². The highest BCUT2D eigenvalue weighted by Crippen LogP contribution is 2.21. The monoisotopic (exact) mass is 258 g/mol. The van der Waals surface area contributed by atoms with Gasteiger partial charge in [0.05, 0.1) is 6.07 Å². The third kappa shape index (κ3) is 3.47. The van der Waals surface area contributed by atoms with E-state index in [1.807, 2.05) is 43.5 Å². The smallest absolute Gasteiger partial charge is 0.402 e. The van der Waals surface area contributed by atoms with Gasteiger partial charge in [0.25, 0.3) is 0 Å². The van der Waals surface area contributed by atoms with Gasteiger partial charge in [-0.1, -0.05) is 26.0 Å². The first-order chi connectivity index (χ1) is 9.20. The number of hydrogen-bond donors (Lipinski definition) is 0. The number of hydrogen-bond acceptors (Lipinski definition) is 2. The van der Waals surface area contributed by atoms with E-state index in [0.717, 1.165) is 5.75 Å². The number of pyridine rings is 1. The maximum absolute atomic E-state index is 5.83. The molecule has 0 N–H and O–H groups in total. The van der Waals surface area contributed by atoms with E-state index >= 15 is 0 Å². The fourth-order valence-corrected chi connectivity index (χ4v) is 1.78. The summed E-state index contributed by atoms with van der Waals surface area (Å²) in [5.74, 6) is 2.00. The van der Waals surface area contributed by atoms with Gasteiger partial charge >= 0.3 is 5.88 Å². The van der Waals surface area contributed by atoms with E-state index in [4.69, 9.17) is 9.57 Å². The molecule has 0 unspecified atom stereocenters. The first kappa shape index (κ1) is 13.4. The number of benzene rings is 1. The molecule has 0 saturated heterocycles. The average molecular weight is 258 g/mol. The lowest BCUT2D eigenvalue weighted by Crippen LogP contribution is -2.43. The SMILES string of the molecule is CCO[n+]1ccccc1Oc1ccc(C(C)C)cc1. The lowest BCUT2D eigenvalue weighted by molar-refractivity contribution is -0.892. The van der Waals surface area contributed by atoms with E-state index < -0.39 is 0 Å². The molecule has 3 nitrogen and oxygen atoms in total. The van der Waals surface area contributed by atoms with Gasteiger partial charge in [0.1, 0.15) is 5.75 Å². The molecule has 0 spiro atoms. The van der Waals surface area contributed by atoms with Crippen molar-refractivity contribution in [3.63, 3.8) is 0 Å². The van der Waals surface area contributed by atoms with Crippen molar-refractivity contribution in [3.8, 4) is 11.6 Å². The van der Waals surface area contributed by atoms with Gasteiger partial charge in [-0.3, -0.25) is 4.84 Å². The Morgan fingerprint density at radius 3 is 2.42 bits per heavy atom. The molecule has 0 aliphatic rings. The highest BCUT2D eigenvalue weighted by Gasteiger charge is 2.13. The van der Waals surface area contributed by atoms with E-state index in [2.05, 4.69) is 26.0 Å². The van der Waals surface area contributed by atoms with Gasteiger partial charge in [0.15, 0.2) is 6.61 Å². The van der Waals surface area contributed by atoms with Crippen molar-refractivity contribution in [2.24, 2.45) is 0 Å². The van der Waals surface area contributed by atoms with Crippen LogP contribution in [0.15, 0.2) is 48.7 Å². The lowest BCUT2D eigenvalue weighted by atomic mass is 10.0. The highest BCUT2D eigenvalue weighted by molar-refractivity contribution is 5.30. The van der Waals surface area contributed by atoms with Gasteiger partial charge < -0.3 is 4.74 Å². The quantitative estimate of drug-likeness (QED) is 0.767. The van der Waals surface area contributed by atoms with E-state index in [1.54, 1.807) is 4.73 Å². The van der Waals surface area contributed by atoms with Crippen LogP contribution in [-0.4, -0.2) is 6.61 Å². The topological polar surface area (TPSA) is 22.3 Å². The average Bonchev–Trinajstić information content (AvgIpc) is 2.42. The van der Waals surface area contributed by atoms with Crippen LogP contribution >= 0.6 is 0 Å². The molecule has 100 valence electrons. The molecule has 1 heterocycles. The molecule has 0 atom stereocenters. The Morgan fingerprint density at radius 2 is 1.79 bits per heavy atom. The zero-order valence-corrected chi connectivity index (χ0v) is 11.7. The standard InChI is InChI=1S/C16H20NO2/c1-4-18-17-12-6-5-7-16(17)19-15-10-8-14(9-11-15)13(2)3/h5-13H,4H2,1-3H3/q+1. The van der Waals surface area contributed by atoms with Crippen molar-refractivity contribution in [1.82, 2.24) is 0 Å². The summed E-state index contributed by atoms with van der Waals surface area (Å²) in [5.41, 5.74) is 1.30. The number of aromatic nitrogens is 1. The van der Waals surface area contributed by atoms with Gasteiger partial charge in [-0.05, 0) is 36.6 Å². The summed E-state index contributed by atoms with van der Waals surface area (Å²) in [5, 5.41) is 0. The molecule has 0 bridgehead atoms. The summed E-state index contributed by atoms with van der Waals surface area (Å²) < 4.78 is 7.47. The molecule has 3 heteroatoms. The first-order valence-corrected chi connectivity index (χ1v) is 6.62. The maximum Gasteiger partial charge on any atom is 0.422 e. The van der Waals surface area contributed by atoms with Crippen LogP contribution in [-0.2, 0) is 0 Å². The molecule has 0 aliphatic carbocycles. The summed E-state index contributed by atoms with van der Waals surface area (Å²) in [4.78, 5) is 5.46. The predicted octanol–water partition coefficient (Wildman–Crippen LogP) is 3.34. The molecule has 1 aromatic heterocycles. The van der Waals surface area contributed by atoms with Gasteiger partial charge in [0.2, 0.25) is 6.20 Å².